The SMILES string of the molecule is CCCc1nc(NC)cc(N2CC(C(N)=O)CCC2C)n1. The van der Waals surface area contributed by atoms with Crippen LogP contribution in [-0.2, 0) is 11.2 Å². The van der Waals surface area contributed by atoms with Gasteiger partial charge in [-0.25, -0.2) is 9.97 Å². The molecule has 6 heteroatoms. The molecule has 1 aliphatic heterocycles. The van der Waals surface area contributed by atoms with Crippen LogP contribution in [0.15, 0.2) is 6.07 Å². The van der Waals surface area contributed by atoms with E-state index in [-0.39, 0.29) is 11.8 Å². The fraction of sp³-hybridized carbons (Fsp3) is 0.667. The number of nitrogens with zero attached hydrogens (tertiary/aromatic N) is 3. The Hall–Kier alpha value is -1.85. The molecule has 21 heavy (non-hydrogen) atoms. The van der Waals surface area contributed by atoms with E-state index in [1.54, 1.807) is 0 Å². The fourth-order valence-corrected chi connectivity index (χ4v) is 2.75. The Bertz CT molecular complexity index is 505. The number of carbonyl (C=O) groups excluding carboxylic acids is 1. The normalized spacial score (nSPS) is 22.1. The van der Waals surface area contributed by atoms with E-state index in [0.29, 0.717) is 12.6 Å². The summed E-state index contributed by atoms with van der Waals surface area (Å²) >= 11 is 0. The van der Waals surface area contributed by atoms with Crippen molar-refractivity contribution in [2.75, 3.05) is 23.8 Å². The first kappa shape index (κ1) is 15.5. The van der Waals surface area contributed by atoms with Crippen LogP contribution < -0.4 is 16.0 Å². The molecule has 1 aromatic heterocycles. The largest absolute Gasteiger partial charge is 0.373 e. The Morgan fingerprint density at radius 2 is 2.24 bits per heavy atom. The van der Waals surface area contributed by atoms with Crippen LogP contribution in [0.25, 0.3) is 0 Å². The van der Waals surface area contributed by atoms with E-state index >= 15 is 0 Å². The molecule has 3 N–H and O–H groups in total. The van der Waals surface area contributed by atoms with E-state index in [1.165, 1.54) is 0 Å². The molecule has 0 aromatic carbocycles. The summed E-state index contributed by atoms with van der Waals surface area (Å²) in [7, 11) is 1.85. The number of nitrogens with one attached hydrogen (secondary N) is 1. The smallest absolute Gasteiger partial charge is 0.222 e. The minimum Gasteiger partial charge on any atom is -0.373 e. The van der Waals surface area contributed by atoms with Gasteiger partial charge in [0.15, 0.2) is 0 Å². The van der Waals surface area contributed by atoms with Crippen molar-refractivity contribution in [2.24, 2.45) is 11.7 Å². The summed E-state index contributed by atoms with van der Waals surface area (Å²) in [5.41, 5.74) is 5.48. The van der Waals surface area contributed by atoms with Crippen molar-refractivity contribution in [3.05, 3.63) is 11.9 Å². The van der Waals surface area contributed by atoms with Crippen molar-refractivity contribution in [1.29, 1.82) is 0 Å². The molecule has 6 nitrogen and oxygen atoms in total. The Kier molecular flexibility index (Phi) is 4.98. The van der Waals surface area contributed by atoms with Crippen LogP contribution in [-0.4, -0.2) is 35.5 Å². The van der Waals surface area contributed by atoms with Crippen molar-refractivity contribution in [3.8, 4) is 0 Å². The summed E-state index contributed by atoms with van der Waals surface area (Å²) in [6.07, 6.45) is 3.67. The standard InChI is InChI=1S/C15H25N5O/c1-4-5-12-18-13(17-3)8-14(19-12)20-9-11(15(16)21)7-6-10(20)2/h8,10-11H,4-7,9H2,1-3H3,(H2,16,21)(H,17,18,19). The van der Waals surface area contributed by atoms with Gasteiger partial charge in [-0.3, -0.25) is 4.79 Å². The Morgan fingerprint density at radius 1 is 1.48 bits per heavy atom. The van der Waals surface area contributed by atoms with Crippen molar-refractivity contribution < 1.29 is 4.79 Å². The quantitative estimate of drug-likeness (QED) is 0.860. The van der Waals surface area contributed by atoms with Gasteiger partial charge >= 0.3 is 0 Å². The molecule has 1 saturated heterocycles. The highest BCUT2D eigenvalue weighted by Gasteiger charge is 2.29. The number of carbonyl (C=O) groups is 1. The first-order valence-electron chi connectivity index (χ1n) is 7.66. The van der Waals surface area contributed by atoms with Gasteiger partial charge in [0.1, 0.15) is 17.5 Å². The van der Waals surface area contributed by atoms with E-state index < -0.39 is 0 Å². The zero-order valence-corrected chi connectivity index (χ0v) is 13.1. The third-order valence-corrected chi connectivity index (χ3v) is 4.07. The lowest BCUT2D eigenvalue weighted by atomic mass is 9.93. The van der Waals surface area contributed by atoms with E-state index in [1.807, 2.05) is 13.1 Å². The third kappa shape index (κ3) is 3.62. The number of piperidine rings is 1. The monoisotopic (exact) mass is 291 g/mol. The first-order valence-corrected chi connectivity index (χ1v) is 7.66. The number of nitrogens with two attached hydrogens (primary N) is 1. The average Bonchev–Trinajstić information content (AvgIpc) is 2.47. The second kappa shape index (κ2) is 6.74. The molecular formula is C15H25N5O. The van der Waals surface area contributed by atoms with E-state index in [4.69, 9.17) is 5.73 Å². The molecule has 2 heterocycles. The van der Waals surface area contributed by atoms with Gasteiger partial charge in [0.25, 0.3) is 0 Å². The van der Waals surface area contributed by atoms with Crippen molar-refractivity contribution in [3.63, 3.8) is 0 Å². The number of aryl methyl sites for hydroxylation is 1. The van der Waals surface area contributed by atoms with Crippen LogP contribution in [0.4, 0.5) is 11.6 Å². The second-order valence-corrected chi connectivity index (χ2v) is 5.71. The number of primary amides is 1. The third-order valence-electron chi connectivity index (χ3n) is 4.07. The Labute approximate surface area is 126 Å². The summed E-state index contributed by atoms with van der Waals surface area (Å²) in [5, 5.41) is 3.08. The fourth-order valence-electron chi connectivity index (χ4n) is 2.75. The molecule has 116 valence electrons. The van der Waals surface area contributed by atoms with E-state index in [2.05, 4.69) is 34.0 Å². The molecule has 1 aliphatic rings. The van der Waals surface area contributed by atoms with Gasteiger partial charge in [-0.15, -0.1) is 0 Å². The number of aromatic nitrogens is 2. The molecule has 1 fully saturated rings. The molecule has 0 aliphatic carbocycles. The lowest BCUT2D eigenvalue weighted by Gasteiger charge is -2.38. The number of anilines is 2. The summed E-state index contributed by atoms with van der Waals surface area (Å²) in [4.78, 5) is 22.8. The molecule has 0 spiro atoms. The van der Waals surface area contributed by atoms with Crippen LogP contribution in [0.2, 0.25) is 0 Å². The van der Waals surface area contributed by atoms with E-state index in [9.17, 15) is 4.79 Å². The minimum absolute atomic E-state index is 0.0937. The molecule has 0 saturated carbocycles. The molecule has 0 bridgehead atoms. The van der Waals surface area contributed by atoms with Crippen LogP contribution >= 0.6 is 0 Å². The van der Waals surface area contributed by atoms with Gasteiger partial charge in [0, 0.05) is 32.1 Å². The molecule has 2 atom stereocenters. The summed E-state index contributed by atoms with van der Waals surface area (Å²) in [6.45, 7) is 4.92. The highest BCUT2D eigenvalue weighted by molar-refractivity contribution is 5.77. The highest BCUT2D eigenvalue weighted by Crippen LogP contribution is 2.27. The van der Waals surface area contributed by atoms with Gasteiger partial charge < -0.3 is 16.0 Å². The number of rotatable bonds is 5. The second-order valence-electron chi connectivity index (χ2n) is 5.71. The molecular weight excluding hydrogens is 266 g/mol. The van der Waals surface area contributed by atoms with Gasteiger partial charge in [-0.2, -0.15) is 0 Å². The van der Waals surface area contributed by atoms with Gasteiger partial charge in [0.2, 0.25) is 5.91 Å². The zero-order chi connectivity index (χ0) is 15.4. The van der Waals surface area contributed by atoms with Crippen molar-refractivity contribution >= 4 is 17.5 Å². The first-order chi connectivity index (χ1) is 10.0. The number of hydrogen-bond donors (Lipinski definition) is 2. The maximum Gasteiger partial charge on any atom is 0.222 e. The molecule has 1 amide bonds. The summed E-state index contributed by atoms with van der Waals surface area (Å²) in [5.74, 6) is 2.23. The van der Waals surface area contributed by atoms with Crippen LogP contribution in [0, 0.1) is 5.92 Å². The lowest BCUT2D eigenvalue weighted by molar-refractivity contribution is -0.122. The molecule has 0 radical (unpaired) electrons. The summed E-state index contributed by atoms with van der Waals surface area (Å²) < 4.78 is 0. The van der Waals surface area contributed by atoms with Crippen molar-refractivity contribution in [2.45, 2.75) is 45.6 Å². The van der Waals surface area contributed by atoms with Gasteiger partial charge in [0.05, 0.1) is 5.92 Å². The molecule has 2 rings (SSSR count). The number of amides is 1. The van der Waals surface area contributed by atoms with Gasteiger partial charge in [-0.1, -0.05) is 6.92 Å². The van der Waals surface area contributed by atoms with E-state index in [0.717, 1.165) is 43.1 Å². The van der Waals surface area contributed by atoms with Crippen LogP contribution in [0.5, 0.6) is 0 Å². The zero-order valence-electron chi connectivity index (χ0n) is 13.1. The molecule has 1 aromatic rings. The predicted octanol–water partition coefficient (Wildman–Crippen LogP) is 1.56. The predicted molar refractivity (Wildman–Crippen MR) is 84.3 cm³/mol. The van der Waals surface area contributed by atoms with Crippen LogP contribution in [0.1, 0.15) is 38.9 Å². The van der Waals surface area contributed by atoms with Crippen molar-refractivity contribution in [1.82, 2.24) is 9.97 Å². The van der Waals surface area contributed by atoms with Gasteiger partial charge in [-0.05, 0) is 26.2 Å². The maximum absolute atomic E-state index is 11.5. The maximum atomic E-state index is 11.5. The average molecular weight is 291 g/mol. The Balaban J connectivity index is 2.29. The highest BCUT2D eigenvalue weighted by atomic mass is 16.1. The summed E-state index contributed by atoms with van der Waals surface area (Å²) in [6, 6.07) is 2.30. The number of hydrogen-bond acceptors (Lipinski definition) is 5. The topological polar surface area (TPSA) is 84.1 Å². The lowest BCUT2D eigenvalue weighted by Crippen LogP contribution is -2.46. The molecule has 2 unspecified atom stereocenters. The Morgan fingerprint density at radius 3 is 2.86 bits per heavy atom. The van der Waals surface area contributed by atoms with Crippen LogP contribution in [0.3, 0.4) is 0 Å². The minimum atomic E-state index is -0.219.